The Labute approximate surface area is 133 Å². The summed E-state index contributed by atoms with van der Waals surface area (Å²) in [6, 6.07) is 0. The Balaban J connectivity index is 2.12. The molecule has 1 fully saturated rings. The van der Waals surface area contributed by atoms with E-state index in [4.69, 9.17) is 9.47 Å². The minimum atomic E-state index is -0.509. The van der Waals surface area contributed by atoms with Crippen LogP contribution in [0.5, 0.6) is 0 Å². The van der Waals surface area contributed by atoms with Crippen molar-refractivity contribution in [2.45, 2.75) is 46.1 Å². The number of allylic oxidation sites excluding steroid dienone is 2. The second-order valence-corrected chi connectivity index (χ2v) is 6.77. The van der Waals surface area contributed by atoms with Crippen molar-refractivity contribution in [1.29, 1.82) is 0 Å². The number of piperidine rings is 1. The molecule has 2 aliphatic rings. The molecule has 1 amide bonds. The lowest BCUT2D eigenvalue weighted by atomic mass is 9.88. The second-order valence-electron chi connectivity index (χ2n) is 6.77. The smallest absolute Gasteiger partial charge is 0.417 e. The number of hydrogen-bond donors (Lipinski definition) is 1. The van der Waals surface area contributed by atoms with Gasteiger partial charge in [-0.3, -0.25) is 0 Å². The first kappa shape index (κ1) is 16.9. The Morgan fingerprint density at radius 3 is 2.59 bits per heavy atom. The molecular formula is C17H28N2O3. The van der Waals surface area contributed by atoms with Crippen LogP contribution in [-0.2, 0) is 9.47 Å². The normalized spacial score (nSPS) is 20.3. The van der Waals surface area contributed by atoms with Crippen molar-refractivity contribution >= 4 is 6.09 Å². The van der Waals surface area contributed by atoms with Crippen molar-refractivity contribution in [1.82, 2.24) is 10.2 Å². The molecule has 0 unspecified atom stereocenters. The summed E-state index contributed by atoms with van der Waals surface area (Å²) in [6.07, 6.45) is 5.90. The third kappa shape index (κ3) is 4.50. The number of carbonyl (C=O) groups is 1. The van der Waals surface area contributed by atoms with Gasteiger partial charge in [0.25, 0.3) is 0 Å². The third-order valence-electron chi connectivity index (χ3n) is 3.82. The highest BCUT2D eigenvalue weighted by atomic mass is 16.6. The minimum Gasteiger partial charge on any atom is -0.479 e. The lowest BCUT2D eigenvalue weighted by Gasteiger charge is -2.34. The quantitative estimate of drug-likeness (QED) is 0.870. The van der Waals surface area contributed by atoms with Gasteiger partial charge in [0.1, 0.15) is 5.60 Å². The van der Waals surface area contributed by atoms with Crippen LogP contribution in [0.15, 0.2) is 23.6 Å². The number of ether oxygens (including phenoxy) is 2. The summed E-state index contributed by atoms with van der Waals surface area (Å²) in [4.78, 5) is 14.1. The van der Waals surface area contributed by atoms with Crippen LogP contribution in [0.25, 0.3) is 0 Å². The molecule has 0 aromatic heterocycles. The van der Waals surface area contributed by atoms with Gasteiger partial charge in [-0.1, -0.05) is 6.08 Å². The fourth-order valence-electron chi connectivity index (χ4n) is 2.78. The van der Waals surface area contributed by atoms with Gasteiger partial charge < -0.3 is 14.8 Å². The Morgan fingerprint density at radius 1 is 1.32 bits per heavy atom. The fraction of sp³-hybridized carbons (Fsp3) is 0.706. The van der Waals surface area contributed by atoms with Crippen LogP contribution >= 0.6 is 0 Å². The van der Waals surface area contributed by atoms with Crippen molar-refractivity contribution in [3.63, 3.8) is 0 Å². The molecule has 0 aromatic carbocycles. The minimum absolute atomic E-state index is 0.341. The first-order valence-electron chi connectivity index (χ1n) is 8.15. The lowest BCUT2D eigenvalue weighted by Crippen LogP contribution is -2.41. The highest BCUT2D eigenvalue weighted by Gasteiger charge is 2.30. The highest BCUT2D eigenvalue weighted by molar-refractivity contribution is 5.71. The maximum atomic E-state index is 12.5. The zero-order valence-corrected chi connectivity index (χ0v) is 14.1. The summed E-state index contributed by atoms with van der Waals surface area (Å²) in [5.41, 5.74) is 0.778. The zero-order valence-electron chi connectivity index (χ0n) is 14.1. The maximum Gasteiger partial charge on any atom is 0.417 e. The van der Waals surface area contributed by atoms with Gasteiger partial charge in [-0.05, 0) is 71.2 Å². The molecule has 1 saturated heterocycles. The SMILES string of the molecule is CCOC1=CC=C(C2CCNCC2)CN1C(=O)OC(C)(C)C. The van der Waals surface area contributed by atoms with Gasteiger partial charge >= 0.3 is 6.09 Å². The van der Waals surface area contributed by atoms with Gasteiger partial charge in [-0.15, -0.1) is 0 Å². The molecule has 0 aliphatic carbocycles. The summed E-state index contributed by atoms with van der Waals surface area (Å²) in [6.45, 7) is 10.7. The predicted molar refractivity (Wildman–Crippen MR) is 86.3 cm³/mol. The van der Waals surface area contributed by atoms with Crippen molar-refractivity contribution in [3.05, 3.63) is 23.6 Å². The Morgan fingerprint density at radius 2 is 2.00 bits per heavy atom. The largest absolute Gasteiger partial charge is 0.479 e. The van der Waals surface area contributed by atoms with Gasteiger partial charge in [-0.25, -0.2) is 9.69 Å². The Kier molecular flexibility index (Phi) is 5.51. The van der Waals surface area contributed by atoms with Crippen LogP contribution in [0, 0.1) is 5.92 Å². The topological polar surface area (TPSA) is 50.8 Å². The predicted octanol–water partition coefficient (Wildman–Crippen LogP) is 3.04. The standard InChI is InChI=1S/C17H28N2O3/c1-5-21-15-7-6-14(13-8-10-18-11-9-13)12-19(15)16(20)22-17(2,3)4/h6-7,13,18H,5,8-12H2,1-4H3. The van der Waals surface area contributed by atoms with E-state index in [1.165, 1.54) is 5.57 Å². The molecule has 0 bridgehead atoms. The molecule has 5 heteroatoms. The number of nitrogens with zero attached hydrogens (tertiary/aromatic N) is 1. The Bertz CT molecular complexity index is 457. The van der Waals surface area contributed by atoms with Crippen molar-refractivity contribution in [2.24, 2.45) is 5.92 Å². The number of carbonyl (C=O) groups excluding carboxylic acids is 1. The van der Waals surface area contributed by atoms with E-state index in [0.29, 0.717) is 25.0 Å². The monoisotopic (exact) mass is 308 g/mol. The average molecular weight is 308 g/mol. The van der Waals surface area contributed by atoms with Crippen LogP contribution in [0.1, 0.15) is 40.5 Å². The van der Waals surface area contributed by atoms with Crippen LogP contribution in [0.2, 0.25) is 0 Å². The van der Waals surface area contributed by atoms with E-state index < -0.39 is 5.60 Å². The van der Waals surface area contributed by atoms with E-state index in [-0.39, 0.29) is 6.09 Å². The summed E-state index contributed by atoms with van der Waals surface area (Å²) >= 11 is 0. The molecule has 2 aliphatic heterocycles. The van der Waals surface area contributed by atoms with E-state index in [9.17, 15) is 4.79 Å². The molecule has 5 nitrogen and oxygen atoms in total. The van der Waals surface area contributed by atoms with E-state index >= 15 is 0 Å². The molecule has 2 rings (SSSR count). The van der Waals surface area contributed by atoms with E-state index in [1.54, 1.807) is 4.90 Å². The van der Waals surface area contributed by atoms with E-state index in [1.807, 2.05) is 33.8 Å². The van der Waals surface area contributed by atoms with Gasteiger partial charge in [0, 0.05) is 0 Å². The van der Waals surface area contributed by atoms with Crippen molar-refractivity contribution in [2.75, 3.05) is 26.2 Å². The molecule has 0 aromatic rings. The molecule has 0 spiro atoms. The summed E-state index contributed by atoms with van der Waals surface area (Å²) in [5.74, 6) is 1.11. The molecule has 124 valence electrons. The van der Waals surface area contributed by atoms with Crippen LogP contribution in [0.3, 0.4) is 0 Å². The van der Waals surface area contributed by atoms with E-state index in [2.05, 4.69) is 11.4 Å². The summed E-state index contributed by atoms with van der Waals surface area (Å²) in [5, 5.41) is 3.38. The number of rotatable bonds is 3. The van der Waals surface area contributed by atoms with Crippen molar-refractivity contribution in [3.8, 4) is 0 Å². The molecule has 0 atom stereocenters. The number of nitrogens with one attached hydrogen (secondary N) is 1. The highest BCUT2D eigenvalue weighted by Crippen LogP contribution is 2.28. The summed E-state index contributed by atoms with van der Waals surface area (Å²) < 4.78 is 11.1. The van der Waals surface area contributed by atoms with Crippen LogP contribution in [0.4, 0.5) is 4.79 Å². The van der Waals surface area contributed by atoms with Crippen LogP contribution < -0.4 is 5.32 Å². The molecule has 0 radical (unpaired) electrons. The molecule has 0 saturated carbocycles. The molecule has 22 heavy (non-hydrogen) atoms. The molecule has 2 heterocycles. The first-order valence-corrected chi connectivity index (χ1v) is 8.15. The Hall–Kier alpha value is -1.49. The molecule has 1 N–H and O–H groups in total. The molecular weight excluding hydrogens is 280 g/mol. The van der Waals surface area contributed by atoms with Gasteiger partial charge in [0.05, 0.1) is 13.2 Å². The number of hydrogen-bond acceptors (Lipinski definition) is 4. The fourth-order valence-corrected chi connectivity index (χ4v) is 2.78. The van der Waals surface area contributed by atoms with Gasteiger partial charge in [-0.2, -0.15) is 0 Å². The maximum absolute atomic E-state index is 12.5. The van der Waals surface area contributed by atoms with Crippen LogP contribution in [-0.4, -0.2) is 42.8 Å². The first-order chi connectivity index (χ1) is 10.4. The summed E-state index contributed by atoms with van der Waals surface area (Å²) in [7, 11) is 0. The van der Waals surface area contributed by atoms with Gasteiger partial charge in [0.2, 0.25) is 0 Å². The average Bonchev–Trinajstić information content (AvgIpc) is 2.47. The zero-order chi connectivity index (χ0) is 16.2. The third-order valence-corrected chi connectivity index (χ3v) is 3.82. The number of amides is 1. The van der Waals surface area contributed by atoms with Crippen molar-refractivity contribution < 1.29 is 14.3 Å². The van der Waals surface area contributed by atoms with E-state index in [0.717, 1.165) is 25.9 Å². The van der Waals surface area contributed by atoms with Gasteiger partial charge in [0.15, 0.2) is 5.88 Å². The lowest BCUT2D eigenvalue weighted by molar-refractivity contribution is 0.0169. The second kappa shape index (κ2) is 7.18.